The number of benzene rings is 1. The van der Waals surface area contributed by atoms with Crippen molar-refractivity contribution in [1.82, 2.24) is 15.2 Å². The maximum Gasteiger partial charge on any atom is 0.0669 e. The van der Waals surface area contributed by atoms with Gasteiger partial charge < -0.3 is 0 Å². The highest BCUT2D eigenvalue weighted by Crippen LogP contribution is 2.23. The minimum Gasteiger partial charge on any atom is -0.271 e. The molecule has 1 aromatic heterocycles. The largest absolute Gasteiger partial charge is 0.271 e. The van der Waals surface area contributed by atoms with Gasteiger partial charge in [-0.05, 0) is 49.4 Å². The number of aromatic nitrogens is 2. The van der Waals surface area contributed by atoms with Crippen molar-refractivity contribution in [2.75, 3.05) is 0 Å². The molecular weight excluding hydrogens is 248 g/mol. The van der Waals surface area contributed by atoms with Crippen molar-refractivity contribution >= 4 is 0 Å². The second kappa shape index (κ2) is 6.20. The fourth-order valence-corrected chi connectivity index (χ4v) is 2.67. The van der Waals surface area contributed by atoms with Crippen molar-refractivity contribution < 1.29 is 0 Å². The van der Waals surface area contributed by atoms with E-state index in [9.17, 15) is 0 Å². The normalized spacial score (nSPS) is 12.7. The minimum atomic E-state index is 0.0765. The van der Waals surface area contributed by atoms with Crippen LogP contribution in [0.3, 0.4) is 0 Å². The van der Waals surface area contributed by atoms with Gasteiger partial charge in [-0.1, -0.05) is 25.1 Å². The molecule has 1 unspecified atom stereocenters. The number of nitrogens with two attached hydrogens (primary N) is 1. The molecule has 1 heterocycles. The van der Waals surface area contributed by atoms with Crippen molar-refractivity contribution in [3.63, 3.8) is 0 Å². The molecule has 4 nitrogen and oxygen atoms in total. The summed E-state index contributed by atoms with van der Waals surface area (Å²) < 4.78 is 1.93. The van der Waals surface area contributed by atoms with Crippen LogP contribution in [0.25, 0.3) is 0 Å². The first-order valence-electron chi connectivity index (χ1n) is 7.10. The van der Waals surface area contributed by atoms with Gasteiger partial charge in [0.15, 0.2) is 0 Å². The molecule has 3 N–H and O–H groups in total. The monoisotopic (exact) mass is 272 g/mol. The molecule has 0 aliphatic rings. The summed E-state index contributed by atoms with van der Waals surface area (Å²) in [6.45, 7) is 6.41. The van der Waals surface area contributed by atoms with E-state index in [2.05, 4.69) is 55.6 Å². The van der Waals surface area contributed by atoms with Gasteiger partial charge in [-0.25, -0.2) is 0 Å². The van der Waals surface area contributed by atoms with E-state index >= 15 is 0 Å². The predicted molar refractivity (Wildman–Crippen MR) is 82.3 cm³/mol. The lowest BCUT2D eigenvalue weighted by Crippen LogP contribution is -2.31. The Balaban J connectivity index is 2.31. The summed E-state index contributed by atoms with van der Waals surface area (Å²) in [6.07, 6.45) is 1.81. The summed E-state index contributed by atoms with van der Waals surface area (Å²) in [6, 6.07) is 8.61. The van der Waals surface area contributed by atoms with E-state index in [0.717, 1.165) is 24.2 Å². The first kappa shape index (κ1) is 14.8. The van der Waals surface area contributed by atoms with E-state index in [-0.39, 0.29) is 6.04 Å². The van der Waals surface area contributed by atoms with Gasteiger partial charge in [0.2, 0.25) is 0 Å². The van der Waals surface area contributed by atoms with Gasteiger partial charge in [-0.3, -0.25) is 16.0 Å². The number of aryl methyl sites for hydroxylation is 4. The fraction of sp³-hybridized carbons (Fsp3) is 0.438. The van der Waals surface area contributed by atoms with Crippen molar-refractivity contribution in [2.24, 2.45) is 12.9 Å². The molecule has 4 heteroatoms. The van der Waals surface area contributed by atoms with Gasteiger partial charge in [-0.2, -0.15) is 5.10 Å². The van der Waals surface area contributed by atoms with Crippen LogP contribution in [0.1, 0.15) is 41.0 Å². The second-order valence-electron chi connectivity index (χ2n) is 5.33. The molecular formula is C16H24N4. The van der Waals surface area contributed by atoms with E-state index in [1.807, 2.05) is 11.7 Å². The average molecular weight is 272 g/mol. The van der Waals surface area contributed by atoms with Gasteiger partial charge in [-0.15, -0.1) is 0 Å². The van der Waals surface area contributed by atoms with Crippen LogP contribution in [-0.4, -0.2) is 9.78 Å². The topological polar surface area (TPSA) is 55.9 Å². The smallest absolute Gasteiger partial charge is 0.0669 e. The first-order chi connectivity index (χ1) is 9.56. The highest BCUT2D eigenvalue weighted by molar-refractivity contribution is 5.35. The van der Waals surface area contributed by atoms with Crippen LogP contribution in [-0.2, 0) is 19.9 Å². The zero-order valence-electron chi connectivity index (χ0n) is 12.8. The fourth-order valence-electron chi connectivity index (χ4n) is 2.67. The Bertz CT molecular complexity index is 566. The molecule has 0 aliphatic carbocycles. The lowest BCUT2D eigenvalue weighted by Gasteiger charge is -2.19. The lowest BCUT2D eigenvalue weighted by molar-refractivity contribution is 0.506. The van der Waals surface area contributed by atoms with Crippen molar-refractivity contribution in [3.05, 3.63) is 52.3 Å². The van der Waals surface area contributed by atoms with Crippen LogP contribution in [0, 0.1) is 13.8 Å². The zero-order valence-corrected chi connectivity index (χ0v) is 12.8. The Morgan fingerprint density at radius 1 is 1.30 bits per heavy atom. The minimum absolute atomic E-state index is 0.0765. The standard InChI is InChI=1S/C16H24N4/c1-5-13-9-16(20(4)19-13)15(18-17)10-14-11(2)7-6-8-12(14)3/h6-9,15,18H,5,10,17H2,1-4H3. The third-order valence-electron chi connectivity index (χ3n) is 3.94. The molecule has 0 radical (unpaired) electrons. The van der Waals surface area contributed by atoms with Crippen LogP contribution in [0.4, 0.5) is 0 Å². The summed E-state index contributed by atoms with van der Waals surface area (Å²) >= 11 is 0. The van der Waals surface area contributed by atoms with Crippen LogP contribution in [0.5, 0.6) is 0 Å². The molecule has 1 aromatic carbocycles. The summed E-state index contributed by atoms with van der Waals surface area (Å²) in [5, 5.41) is 4.51. The first-order valence-corrected chi connectivity index (χ1v) is 7.10. The summed E-state index contributed by atoms with van der Waals surface area (Å²) in [5.41, 5.74) is 9.14. The number of hydrogen-bond acceptors (Lipinski definition) is 3. The second-order valence-corrected chi connectivity index (χ2v) is 5.33. The Hall–Kier alpha value is -1.65. The molecule has 0 spiro atoms. The summed E-state index contributed by atoms with van der Waals surface area (Å²) in [4.78, 5) is 0. The molecule has 2 aromatic rings. The Morgan fingerprint density at radius 3 is 2.45 bits per heavy atom. The number of rotatable bonds is 5. The van der Waals surface area contributed by atoms with Gasteiger partial charge in [0, 0.05) is 7.05 Å². The average Bonchev–Trinajstić information content (AvgIpc) is 2.80. The van der Waals surface area contributed by atoms with Crippen LogP contribution in [0.15, 0.2) is 24.3 Å². The van der Waals surface area contributed by atoms with Gasteiger partial charge in [0.1, 0.15) is 0 Å². The molecule has 0 amide bonds. The number of hydrogen-bond donors (Lipinski definition) is 2. The molecule has 1 atom stereocenters. The quantitative estimate of drug-likeness (QED) is 0.649. The van der Waals surface area contributed by atoms with E-state index in [4.69, 9.17) is 5.84 Å². The molecule has 0 saturated heterocycles. The van der Waals surface area contributed by atoms with Gasteiger partial charge in [0.25, 0.3) is 0 Å². The zero-order chi connectivity index (χ0) is 14.7. The SMILES string of the molecule is CCc1cc(C(Cc2c(C)cccc2C)NN)n(C)n1. The van der Waals surface area contributed by atoms with Crippen molar-refractivity contribution in [3.8, 4) is 0 Å². The van der Waals surface area contributed by atoms with Gasteiger partial charge in [0.05, 0.1) is 17.4 Å². The Morgan fingerprint density at radius 2 is 1.95 bits per heavy atom. The highest BCUT2D eigenvalue weighted by Gasteiger charge is 2.17. The van der Waals surface area contributed by atoms with Crippen LogP contribution >= 0.6 is 0 Å². The summed E-state index contributed by atoms with van der Waals surface area (Å²) in [7, 11) is 1.98. The molecule has 2 rings (SSSR count). The van der Waals surface area contributed by atoms with Crippen LogP contribution in [0.2, 0.25) is 0 Å². The molecule has 20 heavy (non-hydrogen) atoms. The van der Waals surface area contributed by atoms with E-state index in [1.165, 1.54) is 16.7 Å². The van der Waals surface area contributed by atoms with E-state index < -0.39 is 0 Å². The van der Waals surface area contributed by atoms with E-state index in [0.29, 0.717) is 0 Å². The highest BCUT2D eigenvalue weighted by atomic mass is 15.3. The molecule has 0 fully saturated rings. The third-order valence-corrected chi connectivity index (χ3v) is 3.94. The maximum atomic E-state index is 5.78. The maximum absolute atomic E-state index is 5.78. The molecule has 108 valence electrons. The summed E-state index contributed by atoms with van der Waals surface area (Å²) in [5.74, 6) is 5.78. The van der Waals surface area contributed by atoms with Gasteiger partial charge >= 0.3 is 0 Å². The Kier molecular flexibility index (Phi) is 4.57. The Labute approximate surface area is 121 Å². The van der Waals surface area contributed by atoms with Crippen molar-refractivity contribution in [2.45, 2.75) is 39.7 Å². The molecule has 0 saturated carbocycles. The van der Waals surface area contributed by atoms with Crippen molar-refractivity contribution in [1.29, 1.82) is 0 Å². The number of hydrazine groups is 1. The number of nitrogens with zero attached hydrogens (tertiary/aromatic N) is 2. The van der Waals surface area contributed by atoms with E-state index in [1.54, 1.807) is 0 Å². The molecule has 0 bridgehead atoms. The predicted octanol–water partition coefficient (Wildman–Crippen LogP) is 2.35. The lowest BCUT2D eigenvalue weighted by atomic mass is 9.95. The van der Waals surface area contributed by atoms with Crippen LogP contribution < -0.4 is 11.3 Å². The number of nitrogens with one attached hydrogen (secondary N) is 1. The molecule has 0 aliphatic heterocycles. The third kappa shape index (κ3) is 2.92.